The van der Waals surface area contributed by atoms with E-state index >= 15 is 0 Å². The molecule has 0 aliphatic rings. The summed E-state index contributed by atoms with van der Waals surface area (Å²) in [6, 6.07) is 7.04. The van der Waals surface area contributed by atoms with Gasteiger partial charge in [-0.05, 0) is 17.5 Å². The van der Waals surface area contributed by atoms with Gasteiger partial charge < -0.3 is 9.51 Å². The summed E-state index contributed by atoms with van der Waals surface area (Å²) in [6.07, 6.45) is 1.54. The van der Waals surface area contributed by atoms with Crippen LogP contribution in [0.3, 0.4) is 0 Å². The fourth-order valence-corrected chi connectivity index (χ4v) is 1.57. The lowest BCUT2D eigenvalue weighted by atomic mass is 10.1. The number of rotatable bonds is 0. The van der Waals surface area contributed by atoms with Gasteiger partial charge >= 0.3 is 0 Å². The summed E-state index contributed by atoms with van der Waals surface area (Å²) in [5.74, 6) is 0. The Morgan fingerprint density at radius 1 is 1.21 bits per heavy atom. The summed E-state index contributed by atoms with van der Waals surface area (Å²) < 4.78 is 4.84. The normalized spacial score (nSPS) is 11.1. The summed E-state index contributed by atoms with van der Waals surface area (Å²) in [4.78, 5) is 13.9. The van der Waals surface area contributed by atoms with E-state index in [2.05, 4.69) is 10.1 Å². The highest BCUT2D eigenvalue weighted by Gasteiger charge is 2.03. The minimum atomic E-state index is -0.119. The molecule has 4 heteroatoms. The molecule has 0 spiro atoms. The maximum absolute atomic E-state index is 11.1. The van der Waals surface area contributed by atoms with E-state index in [0.29, 0.717) is 0 Å². The third-order valence-electron chi connectivity index (χ3n) is 2.24. The Kier molecular flexibility index (Phi) is 1.28. The summed E-state index contributed by atoms with van der Waals surface area (Å²) >= 11 is 0. The number of aromatic nitrogens is 2. The van der Waals surface area contributed by atoms with Crippen LogP contribution in [0.2, 0.25) is 0 Å². The highest BCUT2D eigenvalue weighted by atomic mass is 16.5. The van der Waals surface area contributed by atoms with Gasteiger partial charge in [0.1, 0.15) is 11.8 Å². The third-order valence-corrected chi connectivity index (χ3v) is 2.24. The van der Waals surface area contributed by atoms with Crippen molar-refractivity contribution in [1.29, 1.82) is 0 Å². The lowest BCUT2D eigenvalue weighted by Crippen LogP contribution is -2.02. The van der Waals surface area contributed by atoms with E-state index in [0.717, 1.165) is 21.8 Å². The van der Waals surface area contributed by atoms with Crippen molar-refractivity contribution in [1.82, 2.24) is 10.1 Å². The monoisotopic (exact) mass is 186 g/mol. The number of pyridine rings is 1. The molecule has 4 nitrogen and oxygen atoms in total. The Labute approximate surface area is 78.1 Å². The first-order chi connectivity index (χ1) is 6.84. The fourth-order valence-electron chi connectivity index (χ4n) is 1.57. The average Bonchev–Trinajstić information content (AvgIpc) is 2.65. The highest BCUT2D eigenvalue weighted by molar-refractivity contribution is 6.02. The number of H-pyrrole nitrogens is 1. The van der Waals surface area contributed by atoms with E-state index in [1.54, 1.807) is 6.07 Å². The summed E-state index contributed by atoms with van der Waals surface area (Å²) in [5.41, 5.74) is 1.40. The quantitative estimate of drug-likeness (QED) is 0.581. The molecule has 14 heavy (non-hydrogen) atoms. The molecule has 0 aliphatic heterocycles. The minimum Gasteiger partial charge on any atom is -0.363 e. The van der Waals surface area contributed by atoms with Crippen molar-refractivity contribution in [2.24, 2.45) is 0 Å². The van der Waals surface area contributed by atoms with Crippen molar-refractivity contribution in [3.05, 3.63) is 40.9 Å². The zero-order valence-electron chi connectivity index (χ0n) is 7.15. The highest BCUT2D eigenvalue weighted by Crippen LogP contribution is 2.20. The Bertz CT molecular complexity index is 666. The smallest absolute Gasteiger partial charge is 0.248 e. The number of aromatic amines is 1. The Hall–Kier alpha value is -2.10. The van der Waals surface area contributed by atoms with Crippen LogP contribution in [0.5, 0.6) is 0 Å². The second-order valence-electron chi connectivity index (χ2n) is 3.10. The zero-order valence-corrected chi connectivity index (χ0v) is 7.15. The van der Waals surface area contributed by atoms with Crippen molar-refractivity contribution in [2.75, 3.05) is 0 Å². The van der Waals surface area contributed by atoms with Crippen LogP contribution < -0.4 is 5.56 Å². The van der Waals surface area contributed by atoms with Gasteiger partial charge in [0.05, 0.1) is 10.9 Å². The van der Waals surface area contributed by atoms with Gasteiger partial charge in [-0.2, -0.15) is 0 Å². The molecule has 0 atom stereocenters. The van der Waals surface area contributed by atoms with Crippen LogP contribution in [-0.4, -0.2) is 10.1 Å². The molecule has 68 valence electrons. The third kappa shape index (κ3) is 0.877. The summed E-state index contributed by atoms with van der Waals surface area (Å²) in [7, 11) is 0. The molecule has 0 aliphatic carbocycles. The largest absolute Gasteiger partial charge is 0.363 e. The molecule has 0 radical (unpaired) electrons. The molecule has 0 amide bonds. The van der Waals surface area contributed by atoms with Crippen molar-refractivity contribution < 1.29 is 4.52 Å². The van der Waals surface area contributed by atoms with Gasteiger partial charge in [-0.25, -0.2) is 0 Å². The number of nitrogens with one attached hydrogen (secondary N) is 1. The SMILES string of the molecule is O=c1ccc2ccc3nocc3c2[nH]1. The maximum atomic E-state index is 11.1. The predicted molar refractivity (Wildman–Crippen MR) is 52.1 cm³/mol. The van der Waals surface area contributed by atoms with Crippen molar-refractivity contribution >= 4 is 21.8 Å². The van der Waals surface area contributed by atoms with E-state index in [-0.39, 0.29) is 5.56 Å². The van der Waals surface area contributed by atoms with Crippen LogP contribution in [0.25, 0.3) is 21.8 Å². The molecular formula is C10H6N2O2. The molecule has 1 N–H and O–H groups in total. The first kappa shape index (κ1) is 7.32. The van der Waals surface area contributed by atoms with Crippen LogP contribution in [0.4, 0.5) is 0 Å². The topological polar surface area (TPSA) is 58.9 Å². The van der Waals surface area contributed by atoms with E-state index in [1.165, 1.54) is 12.3 Å². The van der Waals surface area contributed by atoms with Crippen LogP contribution in [-0.2, 0) is 0 Å². The van der Waals surface area contributed by atoms with E-state index in [4.69, 9.17) is 4.52 Å². The molecule has 0 saturated heterocycles. The Morgan fingerprint density at radius 3 is 3.00 bits per heavy atom. The van der Waals surface area contributed by atoms with Gasteiger partial charge in [0.25, 0.3) is 0 Å². The molecule has 0 fully saturated rings. The van der Waals surface area contributed by atoms with E-state index in [1.807, 2.05) is 12.1 Å². The standard InChI is InChI=1S/C10H6N2O2/c13-9-4-2-6-1-3-8-7(5-14-12-8)10(6)11-9/h1-5H,(H,11,13). The lowest BCUT2D eigenvalue weighted by Gasteiger charge is -1.95. The molecule has 2 aromatic heterocycles. The van der Waals surface area contributed by atoms with Crippen LogP contribution >= 0.6 is 0 Å². The van der Waals surface area contributed by atoms with Gasteiger partial charge in [-0.15, -0.1) is 0 Å². The van der Waals surface area contributed by atoms with Crippen molar-refractivity contribution in [3.8, 4) is 0 Å². The average molecular weight is 186 g/mol. The number of fused-ring (bicyclic) bond motifs is 3. The first-order valence-electron chi connectivity index (χ1n) is 4.21. The molecule has 3 aromatic rings. The summed E-state index contributed by atoms with van der Waals surface area (Å²) in [5, 5.41) is 5.61. The number of benzene rings is 1. The van der Waals surface area contributed by atoms with Gasteiger partial charge in [-0.3, -0.25) is 4.79 Å². The molecular weight excluding hydrogens is 180 g/mol. The number of nitrogens with zero attached hydrogens (tertiary/aromatic N) is 1. The van der Waals surface area contributed by atoms with Crippen LogP contribution in [0.1, 0.15) is 0 Å². The molecule has 1 aromatic carbocycles. The number of hydrogen-bond donors (Lipinski definition) is 1. The maximum Gasteiger partial charge on any atom is 0.248 e. The van der Waals surface area contributed by atoms with E-state index in [9.17, 15) is 4.79 Å². The van der Waals surface area contributed by atoms with E-state index < -0.39 is 0 Å². The Balaban J connectivity index is 2.66. The van der Waals surface area contributed by atoms with Crippen LogP contribution in [0, 0.1) is 0 Å². The molecule has 3 rings (SSSR count). The minimum absolute atomic E-state index is 0.119. The van der Waals surface area contributed by atoms with Gasteiger partial charge in [-0.1, -0.05) is 11.2 Å². The first-order valence-corrected chi connectivity index (χ1v) is 4.21. The molecule has 0 saturated carbocycles. The van der Waals surface area contributed by atoms with Gasteiger partial charge in [0, 0.05) is 6.07 Å². The lowest BCUT2D eigenvalue weighted by molar-refractivity contribution is 0.428. The fraction of sp³-hybridized carbons (Fsp3) is 0. The number of hydrogen-bond acceptors (Lipinski definition) is 3. The molecule has 2 heterocycles. The Morgan fingerprint density at radius 2 is 2.07 bits per heavy atom. The van der Waals surface area contributed by atoms with Gasteiger partial charge in [0.15, 0.2) is 0 Å². The van der Waals surface area contributed by atoms with Crippen molar-refractivity contribution in [3.63, 3.8) is 0 Å². The second kappa shape index (κ2) is 2.45. The zero-order chi connectivity index (χ0) is 9.54. The molecule has 0 unspecified atom stereocenters. The van der Waals surface area contributed by atoms with Crippen LogP contribution in [0.15, 0.2) is 39.8 Å². The van der Waals surface area contributed by atoms with Crippen molar-refractivity contribution in [2.45, 2.75) is 0 Å². The molecule has 0 bridgehead atoms. The predicted octanol–water partition coefficient (Wildman–Crippen LogP) is 1.67. The van der Waals surface area contributed by atoms with Gasteiger partial charge in [0.2, 0.25) is 5.56 Å². The summed E-state index contributed by atoms with van der Waals surface area (Å²) in [6.45, 7) is 0. The second-order valence-corrected chi connectivity index (χ2v) is 3.10.